The van der Waals surface area contributed by atoms with E-state index in [1.54, 1.807) is 0 Å². The number of nitrogens with zero attached hydrogens (tertiary/aromatic N) is 2. The van der Waals surface area contributed by atoms with Crippen LogP contribution in [0.2, 0.25) is 0 Å². The number of hydrogen-bond acceptors (Lipinski definition) is 1. The quantitative estimate of drug-likeness (QED) is 0.706. The van der Waals surface area contributed by atoms with Crippen LogP contribution >= 0.6 is 0 Å². The highest BCUT2D eigenvalue weighted by molar-refractivity contribution is 5.14. The molecular weight excluding hydrogens is 172 g/mol. The lowest BCUT2D eigenvalue weighted by Gasteiger charge is -1.89. The van der Waals surface area contributed by atoms with Crippen LogP contribution in [0.15, 0.2) is 6.20 Å². The molecule has 0 spiro atoms. The minimum atomic E-state index is 0.973. The van der Waals surface area contributed by atoms with Gasteiger partial charge in [-0.15, -0.1) is 0 Å². The molecule has 0 aliphatic rings. The summed E-state index contributed by atoms with van der Waals surface area (Å²) in [7, 11) is 0. The summed E-state index contributed by atoms with van der Waals surface area (Å²) in [4.78, 5) is 0. The van der Waals surface area contributed by atoms with Gasteiger partial charge in [0.2, 0.25) is 0 Å². The maximum atomic E-state index is 4.32. The van der Waals surface area contributed by atoms with Gasteiger partial charge >= 0.3 is 0 Å². The van der Waals surface area contributed by atoms with Gasteiger partial charge in [0, 0.05) is 12.7 Å². The smallest absolute Gasteiger partial charge is 0.0625 e. The van der Waals surface area contributed by atoms with E-state index in [0.29, 0.717) is 0 Å². The van der Waals surface area contributed by atoms with Crippen LogP contribution in [0.25, 0.3) is 0 Å². The fraction of sp³-hybridized carbons (Fsp3) is 0.750. The van der Waals surface area contributed by atoms with Crippen molar-refractivity contribution in [2.24, 2.45) is 0 Å². The number of aromatic nitrogens is 2. The van der Waals surface area contributed by atoms with E-state index < -0.39 is 0 Å². The molecule has 0 unspecified atom stereocenters. The van der Waals surface area contributed by atoms with Crippen molar-refractivity contribution in [2.45, 2.75) is 61.4 Å². The third kappa shape index (κ3) is 5.05. The molecule has 0 saturated carbocycles. The van der Waals surface area contributed by atoms with Crippen LogP contribution in [-0.4, -0.2) is 9.78 Å². The molecule has 1 aromatic heterocycles. The van der Waals surface area contributed by atoms with Crippen molar-refractivity contribution in [1.82, 2.24) is 9.78 Å². The lowest BCUT2D eigenvalue weighted by Crippen LogP contribution is -1.93. The first-order valence-electron chi connectivity index (χ1n) is 5.80. The summed E-state index contributed by atoms with van der Waals surface area (Å²) >= 11 is 0. The molecule has 1 rings (SSSR count). The first-order chi connectivity index (χ1) is 6.77. The minimum Gasteiger partial charge on any atom is -0.272 e. The molecule has 2 heteroatoms. The van der Waals surface area contributed by atoms with E-state index in [-0.39, 0.29) is 0 Å². The zero-order chi connectivity index (χ0) is 11.6. The van der Waals surface area contributed by atoms with Crippen LogP contribution in [0.1, 0.15) is 52.8 Å². The third-order valence-electron chi connectivity index (χ3n) is 1.75. The van der Waals surface area contributed by atoms with Gasteiger partial charge in [0.15, 0.2) is 0 Å². The topological polar surface area (TPSA) is 17.8 Å². The Morgan fingerprint density at radius 3 is 1.86 bits per heavy atom. The molecular formula is C12H26N2. The van der Waals surface area contributed by atoms with Crippen molar-refractivity contribution in [3.05, 3.63) is 17.5 Å². The van der Waals surface area contributed by atoms with Crippen molar-refractivity contribution < 1.29 is 0 Å². The summed E-state index contributed by atoms with van der Waals surface area (Å²) in [5.41, 5.74) is 2.53. The van der Waals surface area contributed by atoms with E-state index in [1.165, 1.54) is 11.3 Å². The van der Waals surface area contributed by atoms with Gasteiger partial charge in [-0.25, -0.2) is 0 Å². The van der Waals surface area contributed by atoms with Crippen molar-refractivity contribution in [3.8, 4) is 0 Å². The predicted molar refractivity (Wildman–Crippen MR) is 64.7 cm³/mol. The number of aryl methyl sites for hydroxylation is 3. The number of rotatable bonds is 2. The van der Waals surface area contributed by atoms with E-state index in [0.717, 1.165) is 13.0 Å². The Bertz CT molecular complexity index is 214. The number of hydrogen-bond donors (Lipinski definition) is 0. The van der Waals surface area contributed by atoms with Crippen molar-refractivity contribution in [2.75, 3.05) is 0 Å². The zero-order valence-electron chi connectivity index (χ0n) is 10.9. The normalized spacial score (nSPS) is 8.21. The van der Waals surface area contributed by atoms with Gasteiger partial charge in [0.25, 0.3) is 0 Å². The molecule has 0 radical (unpaired) electrons. The van der Waals surface area contributed by atoms with Crippen LogP contribution in [0.5, 0.6) is 0 Å². The second-order valence-electron chi connectivity index (χ2n) is 2.45. The molecule has 0 atom stereocenters. The molecule has 0 amide bonds. The van der Waals surface area contributed by atoms with Crippen LogP contribution in [0, 0.1) is 6.92 Å². The van der Waals surface area contributed by atoms with Crippen LogP contribution < -0.4 is 0 Å². The standard InChI is InChI=1S/C8H14N2.2C2H6/c1-4-8-6-10(5-2)9-7(8)3;2*1-2/h6H,4-5H2,1-3H3;2*1-2H3. The summed E-state index contributed by atoms with van der Waals surface area (Å²) in [5, 5.41) is 4.32. The van der Waals surface area contributed by atoms with Gasteiger partial charge in [-0.05, 0) is 25.8 Å². The van der Waals surface area contributed by atoms with E-state index in [9.17, 15) is 0 Å². The van der Waals surface area contributed by atoms with Gasteiger partial charge in [-0.2, -0.15) is 5.10 Å². The SMILES string of the molecule is CC.CC.CCc1cn(CC)nc1C. The molecule has 2 nitrogen and oxygen atoms in total. The second-order valence-corrected chi connectivity index (χ2v) is 2.45. The zero-order valence-corrected chi connectivity index (χ0v) is 10.9. The van der Waals surface area contributed by atoms with Gasteiger partial charge in [-0.1, -0.05) is 34.6 Å². The molecule has 0 fully saturated rings. The summed E-state index contributed by atoms with van der Waals surface area (Å²) in [6.07, 6.45) is 3.21. The molecule has 0 saturated heterocycles. The maximum Gasteiger partial charge on any atom is 0.0625 e. The van der Waals surface area contributed by atoms with Crippen LogP contribution in [0.4, 0.5) is 0 Å². The average molecular weight is 198 g/mol. The Kier molecular flexibility index (Phi) is 11.5. The van der Waals surface area contributed by atoms with Gasteiger partial charge in [-0.3, -0.25) is 4.68 Å². The lowest BCUT2D eigenvalue weighted by atomic mass is 10.2. The molecule has 0 aliphatic carbocycles. The highest BCUT2D eigenvalue weighted by Gasteiger charge is 1.99. The van der Waals surface area contributed by atoms with Crippen molar-refractivity contribution in [3.63, 3.8) is 0 Å². The fourth-order valence-corrected chi connectivity index (χ4v) is 1.07. The molecule has 0 bridgehead atoms. The Labute approximate surface area is 89.3 Å². The highest BCUT2D eigenvalue weighted by atomic mass is 15.3. The maximum absolute atomic E-state index is 4.32. The van der Waals surface area contributed by atoms with E-state index in [1.807, 2.05) is 32.4 Å². The second kappa shape index (κ2) is 10.3. The fourth-order valence-electron chi connectivity index (χ4n) is 1.07. The largest absolute Gasteiger partial charge is 0.272 e. The van der Waals surface area contributed by atoms with E-state index in [2.05, 4.69) is 32.1 Å². The van der Waals surface area contributed by atoms with E-state index >= 15 is 0 Å². The first-order valence-corrected chi connectivity index (χ1v) is 5.80. The van der Waals surface area contributed by atoms with Gasteiger partial charge in [0.1, 0.15) is 0 Å². The molecule has 14 heavy (non-hydrogen) atoms. The third-order valence-corrected chi connectivity index (χ3v) is 1.75. The van der Waals surface area contributed by atoms with Crippen LogP contribution in [-0.2, 0) is 13.0 Å². The highest BCUT2D eigenvalue weighted by Crippen LogP contribution is 2.05. The molecule has 1 heterocycles. The Morgan fingerprint density at radius 2 is 1.64 bits per heavy atom. The summed E-state index contributed by atoms with van der Waals surface area (Å²) in [6.45, 7) is 15.3. The summed E-state index contributed by atoms with van der Waals surface area (Å²) < 4.78 is 1.98. The van der Waals surface area contributed by atoms with E-state index in [4.69, 9.17) is 0 Å². The monoisotopic (exact) mass is 198 g/mol. The van der Waals surface area contributed by atoms with Crippen molar-refractivity contribution >= 4 is 0 Å². The molecule has 84 valence electrons. The molecule has 1 aromatic rings. The minimum absolute atomic E-state index is 0.973. The van der Waals surface area contributed by atoms with Crippen molar-refractivity contribution in [1.29, 1.82) is 0 Å². The molecule has 0 N–H and O–H groups in total. The Morgan fingerprint density at radius 1 is 1.14 bits per heavy atom. The molecule has 0 aliphatic heterocycles. The average Bonchev–Trinajstić information content (AvgIpc) is 2.65. The Balaban J connectivity index is 0. The van der Waals surface area contributed by atoms with Gasteiger partial charge < -0.3 is 0 Å². The van der Waals surface area contributed by atoms with Crippen LogP contribution in [0.3, 0.4) is 0 Å². The predicted octanol–water partition coefficient (Wildman–Crippen LogP) is 3.83. The lowest BCUT2D eigenvalue weighted by molar-refractivity contribution is 0.653. The summed E-state index contributed by atoms with van der Waals surface area (Å²) in [5.74, 6) is 0. The van der Waals surface area contributed by atoms with Gasteiger partial charge in [0.05, 0.1) is 5.69 Å². The Hall–Kier alpha value is -0.790. The first kappa shape index (κ1) is 15.7. The molecule has 0 aromatic carbocycles. The summed E-state index contributed by atoms with van der Waals surface area (Å²) in [6, 6.07) is 0.